The van der Waals surface area contributed by atoms with Crippen LogP contribution in [0.1, 0.15) is 31.9 Å². The summed E-state index contributed by atoms with van der Waals surface area (Å²) in [4.78, 5) is 27.1. The third-order valence-corrected chi connectivity index (χ3v) is 4.51. The van der Waals surface area contributed by atoms with Gasteiger partial charge in [-0.2, -0.15) is 0 Å². The Hall–Kier alpha value is -1.24. The van der Waals surface area contributed by atoms with Crippen LogP contribution in [-0.4, -0.2) is 64.4 Å². The van der Waals surface area contributed by atoms with Gasteiger partial charge in [0.15, 0.2) is 4.84 Å². The molecule has 1 aromatic heterocycles. The van der Waals surface area contributed by atoms with Crippen LogP contribution in [0.2, 0.25) is 0 Å². The Balaban J connectivity index is 2.81. The van der Waals surface area contributed by atoms with Crippen LogP contribution < -0.4 is 0 Å². The SMILES string of the molecule is CCCCN(Cc1cccn1C)C(=O)CN(CCCOC)C(=O)C(Cl)Cl. The van der Waals surface area contributed by atoms with E-state index in [0.29, 0.717) is 32.7 Å². The van der Waals surface area contributed by atoms with E-state index in [0.717, 1.165) is 18.5 Å². The first kappa shape index (κ1) is 22.8. The fourth-order valence-electron chi connectivity index (χ4n) is 2.57. The highest BCUT2D eigenvalue weighted by Gasteiger charge is 2.25. The fourth-order valence-corrected chi connectivity index (χ4v) is 2.84. The summed E-state index contributed by atoms with van der Waals surface area (Å²) in [5.41, 5.74) is 1.04. The molecule has 0 atom stereocenters. The van der Waals surface area contributed by atoms with Crippen LogP contribution in [0.15, 0.2) is 18.3 Å². The molecule has 8 heteroatoms. The number of methoxy groups -OCH3 is 1. The van der Waals surface area contributed by atoms with Gasteiger partial charge in [-0.15, -0.1) is 0 Å². The van der Waals surface area contributed by atoms with Crippen molar-refractivity contribution in [3.63, 3.8) is 0 Å². The summed E-state index contributed by atoms with van der Waals surface area (Å²) in [7, 11) is 3.54. The van der Waals surface area contributed by atoms with Crippen LogP contribution in [-0.2, 0) is 27.9 Å². The first-order valence-electron chi connectivity index (χ1n) is 8.84. The molecular formula is C18H29Cl2N3O3. The molecule has 2 amide bonds. The predicted molar refractivity (Wildman–Crippen MR) is 104 cm³/mol. The van der Waals surface area contributed by atoms with Crippen LogP contribution in [0.25, 0.3) is 0 Å². The summed E-state index contributed by atoms with van der Waals surface area (Å²) < 4.78 is 7.01. The van der Waals surface area contributed by atoms with Gasteiger partial charge in [0.2, 0.25) is 5.91 Å². The van der Waals surface area contributed by atoms with Crippen molar-refractivity contribution in [2.75, 3.05) is 33.4 Å². The van der Waals surface area contributed by atoms with Crippen molar-refractivity contribution in [1.82, 2.24) is 14.4 Å². The average Bonchev–Trinajstić information content (AvgIpc) is 3.01. The number of hydrogen-bond acceptors (Lipinski definition) is 3. The van der Waals surface area contributed by atoms with Gasteiger partial charge in [-0.05, 0) is 25.0 Å². The Labute approximate surface area is 166 Å². The third kappa shape index (κ3) is 7.56. The molecule has 1 heterocycles. The summed E-state index contributed by atoms with van der Waals surface area (Å²) in [6, 6.07) is 3.94. The summed E-state index contributed by atoms with van der Waals surface area (Å²) in [5, 5.41) is 0. The maximum absolute atomic E-state index is 12.9. The van der Waals surface area contributed by atoms with Crippen LogP contribution in [0.5, 0.6) is 0 Å². The lowest BCUT2D eigenvalue weighted by Gasteiger charge is -2.28. The molecule has 0 spiro atoms. The average molecular weight is 406 g/mol. The molecule has 26 heavy (non-hydrogen) atoms. The zero-order valence-corrected chi connectivity index (χ0v) is 17.3. The van der Waals surface area contributed by atoms with E-state index in [2.05, 4.69) is 6.92 Å². The van der Waals surface area contributed by atoms with E-state index >= 15 is 0 Å². The molecule has 0 saturated heterocycles. The standard InChI is InChI=1S/C18H29Cl2N3O3/c1-4-5-10-22(13-15-8-6-9-21(15)2)16(24)14-23(11-7-12-26-3)18(25)17(19)20/h6,8-9,17H,4-5,7,10-14H2,1-3H3. The van der Waals surface area contributed by atoms with Gasteiger partial charge in [-0.25, -0.2) is 0 Å². The number of carbonyl (C=O) groups is 2. The quantitative estimate of drug-likeness (QED) is 0.396. The van der Waals surface area contributed by atoms with Gasteiger partial charge >= 0.3 is 0 Å². The third-order valence-electron chi connectivity index (χ3n) is 4.14. The van der Waals surface area contributed by atoms with Crippen molar-refractivity contribution < 1.29 is 14.3 Å². The first-order valence-corrected chi connectivity index (χ1v) is 9.71. The molecule has 0 unspecified atom stereocenters. The molecule has 0 bridgehead atoms. The van der Waals surface area contributed by atoms with Crippen molar-refractivity contribution >= 4 is 35.0 Å². The lowest BCUT2D eigenvalue weighted by Crippen LogP contribution is -2.45. The number of halogens is 2. The number of unbranched alkanes of at least 4 members (excludes halogenated alkanes) is 1. The molecule has 0 aliphatic carbocycles. The second-order valence-electron chi connectivity index (χ2n) is 6.19. The van der Waals surface area contributed by atoms with Gasteiger partial charge in [0.1, 0.15) is 0 Å². The molecule has 0 saturated carbocycles. The molecule has 1 rings (SSSR count). The second-order valence-corrected chi connectivity index (χ2v) is 7.28. The molecule has 0 aliphatic rings. The number of aromatic nitrogens is 1. The van der Waals surface area contributed by atoms with E-state index in [-0.39, 0.29) is 12.5 Å². The van der Waals surface area contributed by atoms with Gasteiger partial charge in [0.05, 0.1) is 13.1 Å². The number of rotatable bonds is 12. The summed E-state index contributed by atoms with van der Waals surface area (Å²) in [5.74, 6) is -0.563. The number of aryl methyl sites for hydroxylation is 1. The topological polar surface area (TPSA) is 54.8 Å². The lowest BCUT2D eigenvalue weighted by molar-refractivity contribution is -0.140. The summed E-state index contributed by atoms with van der Waals surface area (Å²) >= 11 is 11.5. The van der Waals surface area contributed by atoms with Crippen molar-refractivity contribution in [2.45, 2.75) is 37.6 Å². The molecule has 0 fully saturated rings. The van der Waals surface area contributed by atoms with Crippen molar-refractivity contribution in [1.29, 1.82) is 0 Å². The smallest absolute Gasteiger partial charge is 0.256 e. The van der Waals surface area contributed by atoms with Crippen molar-refractivity contribution in [3.05, 3.63) is 24.0 Å². The zero-order valence-electron chi connectivity index (χ0n) is 15.8. The normalized spacial score (nSPS) is 11.0. The molecule has 0 radical (unpaired) electrons. The number of hydrogen-bond donors (Lipinski definition) is 0. The molecule has 1 aromatic rings. The summed E-state index contributed by atoms with van der Waals surface area (Å²) in [6.07, 6.45) is 4.45. The van der Waals surface area contributed by atoms with Crippen LogP contribution in [0.4, 0.5) is 0 Å². The molecule has 0 aliphatic heterocycles. The number of amides is 2. The van der Waals surface area contributed by atoms with Gasteiger partial charge < -0.3 is 19.1 Å². The van der Waals surface area contributed by atoms with Crippen LogP contribution >= 0.6 is 23.2 Å². The monoisotopic (exact) mass is 405 g/mol. The Bertz CT molecular complexity index is 564. The number of ether oxygens (including phenoxy) is 1. The van der Waals surface area contributed by atoms with Gasteiger partial charge in [-0.1, -0.05) is 36.5 Å². The largest absolute Gasteiger partial charge is 0.385 e. The predicted octanol–water partition coefficient (Wildman–Crippen LogP) is 2.82. The van der Waals surface area contributed by atoms with Gasteiger partial charge in [0.25, 0.3) is 5.91 Å². The van der Waals surface area contributed by atoms with Gasteiger partial charge in [0, 0.05) is 45.7 Å². The Morgan fingerprint density at radius 2 is 1.92 bits per heavy atom. The molecule has 0 N–H and O–H groups in total. The van der Waals surface area contributed by atoms with Crippen molar-refractivity contribution in [3.8, 4) is 0 Å². The first-order chi connectivity index (χ1) is 12.4. The lowest BCUT2D eigenvalue weighted by atomic mass is 10.2. The molecule has 148 valence electrons. The zero-order chi connectivity index (χ0) is 19.5. The molecule has 6 nitrogen and oxygen atoms in total. The minimum Gasteiger partial charge on any atom is -0.385 e. The van der Waals surface area contributed by atoms with E-state index in [1.807, 2.05) is 29.9 Å². The summed E-state index contributed by atoms with van der Waals surface area (Å²) in [6.45, 7) is 4.07. The molecular weight excluding hydrogens is 377 g/mol. The highest BCUT2D eigenvalue weighted by molar-refractivity contribution is 6.53. The van der Waals surface area contributed by atoms with E-state index in [9.17, 15) is 9.59 Å². The fraction of sp³-hybridized carbons (Fsp3) is 0.667. The maximum atomic E-state index is 12.9. The number of carbonyl (C=O) groups excluding carboxylic acids is 2. The maximum Gasteiger partial charge on any atom is 0.256 e. The minimum atomic E-state index is -1.18. The molecule has 0 aromatic carbocycles. The van der Waals surface area contributed by atoms with Crippen LogP contribution in [0, 0.1) is 0 Å². The number of nitrogens with zero attached hydrogens (tertiary/aromatic N) is 3. The van der Waals surface area contributed by atoms with E-state index in [1.54, 1.807) is 12.0 Å². The van der Waals surface area contributed by atoms with Gasteiger partial charge in [-0.3, -0.25) is 9.59 Å². The second kappa shape index (κ2) is 12.2. The minimum absolute atomic E-state index is 0.0351. The highest BCUT2D eigenvalue weighted by Crippen LogP contribution is 2.11. The van der Waals surface area contributed by atoms with Crippen molar-refractivity contribution in [2.24, 2.45) is 7.05 Å². The van der Waals surface area contributed by atoms with Crippen LogP contribution in [0.3, 0.4) is 0 Å². The Morgan fingerprint density at radius 3 is 2.46 bits per heavy atom. The van der Waals surface area contributed by atoms with E-state index in [1.165, 1.54) is 4.90 Å². The Morgan fingerprint density at radius 1 is 1.23 bits per heavy atom. The number of alkyl halides is 2. The van der Waals surface area contributed by atoms with E-state index in [4.69, 9.17) is 27.9 Å². The Kier molecular flexibility index (Phi) is 10.7. The van der Waals surface area contributed by atoms with E-state index < -0.39 is 10.7 Å². The highest BCUT2D eigenvalue weighted by atomic mass is 35.5.